The number of amides is 3. The fraction of sp³-hybridized carbons (Fsp3) is 0.348. The van der Waals surface area contributed by atoms with Crippen molar-refractivity contribution in [3.05, 3.63) is 64.7 Å². The van der Waals surface area contributed by atoms with Gasteiger partial charge in [0.2, 0.25) is 5.91 Å². The Bertz CT molecular complexity index is 902. The van der Waals surface area contributed by atoms with Gasteiger partial charge in [0.15, 0.2) is 0 Å². The summed E-state index contributed by atoms with van der Waals surface area (Å²) in [6.45, 7) is 5.00. The number of likely N-dealkylation sites (tertiary alicyclic amines) is 1. The van der Waals surface area contributed by atoms with Crippen LogP contribution in [0.15, 0.2) is 48.5 Å². The van der Waals surface area contributed by atoms with Gasteiger partial charge in [0.25, 0.3) is 11.8 Å². The largest absolute Gasteiger partial charge is 0.354 e. The third-order valence-corrected chi connectivity index (χ3v) is 5.33. The number of nitrogens with one attached hydrogen (secondary N) is 2. The number of carbonyl (C=O) groups excluding carboxylic acids is 3. The van der Waals surface area contributed by atoms with Gasteiger partial charge in [-0.25, -0.2) is 0 Å². The molecule has 3 rings (SSSR count). The molecular weight excluding hydrogens is 402 g/mol. The lowest BCUT2D eigenvalue weighted by molar-refractivity contribution is -0.126. The van der Waals surface area contributed by atoms with Gasteiger partial charge in [0.1, 0.15) is 0 Å². The number of anilines is 1. The number of hydrogen-bond acceptors (Lipinski definition) is 3. The molecule has 0 spiro atoms. The molecule has 0 atom stereocenters. The van der Waals surface area contributed by atoms with Crippen LogP contribution < -0.4 is 10.6 Å². The van der Waals surface area contributed by atoms with Crippen molar-refractivity contribution in [3.63, 3.8) is 0 Å². The van der Waals surface area contributed by atoms with Crippen LogP contribution in [0.5, 0.6) is 0 Å². The molecule has 30 heavy (non-hydrogen) atoms. The van der Waals surface area contributed by atoms with Crippen LogP contribution in [0.1, 0.15) is 47.4 Å². The zero-order valence-corrected chi connectivity index (χ0v) is 17.9. The number of nitrogens with zero attached hydrogens (tertiary/aromatic N) is 1. The van der Waals surface area contributed by atoms with Crippen molar-refractivity contribution in [2.24, 2.45) is 5.92 Å². The molecule has 0 bridgehead atoms. The van der Waals surface area contributed by atoms with Crippen LogP contribution in [-0.2, 0) is 4.79 Å². The lowest BCUT2D eigenvalue weighted by Crippen LogP contribution is -2.44. The summed E-state index contributed by atoms with van der Waals surface area (Å²) in [6, 6.07) is 13.6. The van der Waals surface area contributed by atoms with Crippen LogP contribution in [0, 0.1) is 5.92 Å². The van der Waals surface area contributed by atoms with Crippen molar-refractivity contribution < 1.29 is 14.4 Å². The van der Waals surface area contributed by atoms with Gasteiger partial charge in [0, 0.05) is 46.9 Å². The molecule has 0 radical (unpaired) electrons. The van der Waals surface area contributed by atoms with E-state index >= 15 is 0 Å². The van der Waals surface area contributed by atoms with Crippen LogP contribution in [0.2, 0.25) is 5.02 Å². The summed E-state index contributed by atoms with van der Waals surface area (Å²) in [5, 5.41) is 6.32. The second-order valence-corrected chi connectivity index (χ2v) is 8.20. The Morgan fingerprint density at radius 2 is 1.50 bits per heavy atom. The van der Waals surface area contributed by atoms with Crippen LogP contribution in [-0.4, -0.2) is 41.8 Å². The number of halogens is 1. The molecule has 1 aliphatic rings. The van der Waals surface area contributed by atoms with Gasteiger partial charge in [-0.3, -0.25) is 14.4 Å². The molecular formula is C23H26ClN3O3. The first-order chi connectivity index (χ1) is 14.3. The normalized spacial score (nSPS) is 14.5. The van der Waals surface area contributed by atoms with Crippen molar-refractivity contribution in [2.45, 2.75) is 32.7 Å². The van der Waals surface area contributed by atoms with E-state index in [4.69, 9.17) is 11.6 Å². The Labute approximate surface area is 181 Å². The Morgan fingerprint density at radius 3 is 2.07 bits per heavy atom. The highest BCUT2D eigenvalue weighted by Gasteiger charge is 2.28. The van der Waals surface area contributed by atoms with Crippen LogP contribution in [0.25, 0.3) is 0 Å². The average Bonchev–Trinajstić information content (AvgIpc) is 2.74. The summed E-state index contributed by atoms with van der Waals surface area (Å²) in [5.74, 6) is -0.277. The van der Waals surface area contributed by atoms with Crippen LogP contribution in [0.4, 0.5) is 5.69 Å². The summed E-state index contributed by atoms with van der Waals surface area (Å²) < 4.78 is 0. The first kappa shape index (κ1) is 21.8. The fourth-order valence-corrected chi connectivity index (χ4v) is 3.56. The molecule has 3 amide bonds. The van der Waals surface area contributed by atoms with E-state index in [2.05, 4.69) is 10.6 Å². The Hall–Kier alpha value is -2.86. The molecule has 2 aromatic carbocycles. The molecule has 0 aromatic heterocycles. The molecule has 7 heteroatoms. The van der Waals surface area contributed by atoms with E-state index in [-0.39, 0.29) is 29.7 Å². The summed E-state index contributed by atoms with van der Waals surface area (Å²) in [7, 11) is 0. The summed E-state index contributed by atoms with van der Waals surface area (Å²) in [6.07, 6.45) is 1.33. The monoisotopic (exact) mass is 427 g/mol. The Balaban J connectivity index is 1.54. The van der Waals surface area contributed by atoms with Gasteiger partial charge < -0.3 is 15.5 Å². The second-order valence-electron chi connectivity index (χ2n) is 7.77. The van der Waals surface area contributed by atoms with E-state index in [1.54, 1.807) is 53.4 Å². The molecule has 1 fully saturated rings. The minimum absolute atomic E-state index is 0.0399. The molecule has 1 saturated heterocycles. The van der Waals surface area contributed by atoms with E-state index in [9.17, 15) is 14.4 Å². The van der Waals surface area contributed by atoms with Gasteiger partial charge >= 0.3 is 0 Å². The summed E-state index contributed by atoms with van der Waals surface area (Å²) >= 11 is 5.84. The SMILES string of the molecule is CC(C)NC(=O)C1CCN(C(=O)c2ccc(NC(=O)c3ccc(Cl)cc3)cc2)CC1. The topological polar surface area (TPSA) is 78.5 Å². The highest BCUT2D eigenvalue weighted by Crippen LogP contribution is 2.20. The lowest BCUT2D eigenvalue weighted by atomic mass is 9.95. The van der Waals surface area contributed by atoms with Gasteiger partial charge in [-0.15, -0.1) is 0 Å². The predicted octanol–water partition coefficient (Wildman–Crippen LogP) is 3.97. The second kappa shape index (κ2) is 9.76. The fourth-order valence-electron chi connectivity index (χ4n) is 3.43. The number of carbonyl (C=O) groups is 3. The van der Waals surface area contributed by atoms with Gasteiger partial charge in [0.05, 0.1) is 0 Å². The maximum atomic E-state index is 12.8. The molecule has 1 heterocycles. The van der Waals surface area contributed by atoms with Crippen molar-refractivity contribution >= 4 is 35.0 Å². The molecule has 1 aliphatic heterocycles. The van der Waals surface area contributed by atoms with E-state index in [0.29, 0.717) is 47.8 Å². The summed E-state index contributed by atoms with van der Waals surface area (Å²) in [4.78, 5) is 39.0. The highest BCUT2D eigenvalue weighted by atomic mass is 35.5. The molecule has 6 nitrogen and oxygen atoms in total. The van der Waals surface area contributed by atoms with Gasteiger partial charge in [-0.2, -0.15) is 0 Å². The standard InChI is InChI=1S/C23H26ClN3O3/c1-15(2)25-21(28)17-11-13-27(14-12-17)23(30)18-5-9-20(10-6-18)26-22(29)16-3-7-19(24)8-4-16/h3-10,15,17H,11-14H2,1-2H3,(H,25,28)(H,26,29). The zero-order chi connectivity index (χ0) is 21.7. The van der Waals surface area contributed by atoms with E-state index < -0.39 is 0 Å². The Kier molecular flexibility index (Phi) is 7.11. The average molecular weight is 428 g/mol. The zero-order valence-electron chi connectivity index (χ0n) is 17.2. The van der Waals surface area contributed by atoms with Crippen LogP contribution >= 0.6 is 11.6 Å². The number of piperidine rings is 1. The maximum Gasteiger partial charge on any atom is 0.255 e. The molecule has 0 saturated carbocycles. The van der Waals surface area contributed by atoms with Crippen molar-refractivity contribution in [1.29, 1.82) is 0 Å². The van der Waals surface area contributed by atoms with Gasteiger partial charge in [-0.1, -0.05) is 11.6 Å². The Morgan fingerprint density at radius 1 is 0.933 bits per heavy atom. The maximum absolute atomic E-state index is 12.8. The molecule has 0 unspecified atom stereocenters. The van der Waals surface area contributed by atoms with E-state index in [0.717, 1.165) is 0 Å². The quantitative estimate of drug-likeness (QED) is 0.757. The molecule has 2 aromatic rings. The summed E-state index contributed by atoms with van der Waals surface area (Å²) in [5.41, 5.74) is 1.67. The van der Waals surface area contributed by atoms with Crippen molar-refractivity contribution in [1.82, 2.24) is 10.2 Å². The third-order valence-electron chi connectivity index (χ3n) is 5.08. The molecule has 2 N–H and O–H groups in total. The van der Waals surface area contributed by atoms with Crippen molar-refractivity contribution in [3.8, 4) is 0 Å². The minimum atomic E-state index is -0.243. The smallest absolute Gasteiger partial charge is 0.255 e. The van der Waals surface area contributed by atoms with E-state index in [1.807, 2.05) is 13.8 Å². The highest BCUT2D eigenvalue weighted by molar-refractivity contribution is 6.30. The number of benzene rings is 2. The van der Waals surface area contributed by atoms with Gasteiger partial charge in [-0.05, 0) is 75.2 Å². The predicted molar refractivity (Wildman–Crippen MR) is 118 cm³/mol. The van der Waals surface area contributed by atoms with Crippen molar-refractivity contribution in [2.75, 3.05) is 18.4 Å². The lowest BCUT2D eigenvalue weighted by Gasteiger charge is -2.31. The number of rotatable bonds is 5. The van der Waals surface area contributed by atoms with E-state index in [1.165, 1.54) is 0 Å². The van der Waals surface area contributed by atoms with Crippen LogP contribution in [0.3, 0.4) is 0 Å². The molecule has 0 aliphatic carbocycles. The minimum Gasteiger partial charge on any atom is -0.354 e. The third kappa shape index (κ3) is 5.60. The first-order valence-corrected chi connectivity index (χ1v) is 10.5. The molecule has 158 valence electrons. The number of hydrogen-bond donors (Lipinski definition) is 2. The first-order valence-electron chi connectivity index (χ1n) is 10.1.